The quantitative estimate of drug-likeness (QED) is 0.817. The zero-order chi connectivity index (χ0) is 19.5. The average molecular weight is 381 g/mol. The standard InChI is InChI=1S/C22H24FN3O2/c1-16-6-8-17(9-7-16)20-14-21(18-4-2-3-5-19(18)23)26(24-20)22(27)15-25-10-12-28-13-11-25/h2-9,21H,10-15H2,1H3. The van der Waals surface area contributed by atoms with E-state index in [9.17, 15) is 9.18 Å². The van der Waals surface area contributed by atoms with Gasteiger partial charge in [-0.2, -0.15) is 5.10 Å². The van der Waals surface area contributed by atoms with Gasteiger partial charge in [0.25, 0.3) is 5.91 Å². The summed E-state index contributed by atoms with van der Waals surface area (Å²) in [5.41, 5.74) is 3.44. The van der Waals surface area contributed by atoms with Gasteiger partial charge in [0.1, 0.15) is 5.82 Å². The van der Waals surface area contributed by atoms with Crippen LogP contribution < -0.4 is 0 Å². The zero-order valence-electron chi connectivity index (χ0n) is 16.0. The normalized spacial score (nSPS) is 20.3. The first-order chi connectivity index (χ1) is 13.6. The van der Waals surface area contributed by atoms with Gasteiger partial charge >= 0.3 is 0 Å². The molecule has 2 aliphatic heterocycles. The second-order valence-corrected chi connectivity index (χ2v) is 7.28. The molecule has 0 bridgehead atoms. The van der Waals surface area contributed by atoms with Crippen LogP contribution in [0.1, 0.15) is 29.2 Å². The number of halogens is 1. The minimum Gasteiger partial charge on any atom is -0.379 e. The molecule has 0 spiro atoms. The Hall–Kier alpha value is -2.57. The van der Waals surface area contributed by atoms with Crippen LogP contribution in [0.15, 0.2) is 53.6 Å². The summed E-state index contributed by atoms with van der Waals surface area (Å²) in [4.78, 5) is 15.1. The Morgan fingerprint density at radius 3 is 2.57 bits per heavy atom. The van der Waals surface area contributed by atoms with Gasteiger partial charge in [-0.15, -0.1) is 0 Å². The van der Waals surface area contributed by atoms with E-state index in [1.165, 1.54) is 11.1 Å². The van der Waals surface area contributed by atoms with Crippen molar-refractivity contribution < 1.29 is 13.9 Å². The maximum atomic E-state index is 14.5. The number of aryl methyl sites for hydroxylation is 1. The predicted molar refractivity (Wildman–Crippen MR) is 106 cm³/mol. The summed E-state index contributed by atoms with van der Waals surface area (Å²) < 4.78 is 19.9. The summed E-state index contributed by atoms with van der Waals surface area (Å²) >= 11 is 0. The van der Waals surface area contributed by atoms with Crippen molar-refractivity contribution in [2.45, 2.75) is 19.4 Å². The smallest absolute Gasteiger partial charge is 0.257 e. The second-order valence-electron chi connectivity index (χ2n) is 7.28. The molecule has 5 nitrogen and oxygen atoms in total. The van der Waals surface area contributed by atoms with Crippen LogP contribution in [0, 0.1) is 12.7 Å². The van der Waals surface area contributed by atoms with Gasteiger partial charge in [-0.3, -0.25) is 9.69 Å². The van der Waals surface area contributed by atoms with Crippen molar-refractivity contribution in [1.82, 2.24) is 9.91 Å². The van der Waals surface area contributed by atoms with Gasteiger partial charge in [-0.05, 0) is 18.6 Å². The first-order valence-electron chi connectivity index (χ1n) is 9.63. The Balaban J connectivity index is 1.62. The fraction of sp³-hybridized carbons (Fsp3) is 0.364. The molecule has 2 aliphatic rings. The van der Waals surface area contributed by atoms with E-state index in [2.05, 4.69) is 10.0 Å². The topological polar surface area (TPSA) is 45.1 Å². The largest absolute Gasteiger partial charge is 0.379 e. The van der Waals surface area contributed by atoms with Crippen LogP contribution in [-0.2, 0) is 9.53 Å². The molecule has 1 saturated heterocycles. The van der Waals surface area contributed by atoms with Crippen molar-refractivity contribution in [3.63, 3.8) is 0 Å². The summed E-state index contributed by atoms with van der Waals surface area (Å²) in [7, 11) is 0. The summed E-state index contributed by atoms with van der Waals surface area (Å²) in [5.74, 6) is -0.422. The minimum absolute atomic E-state index is 0.114. The van der Waals surface area contributed by atoms with Crippen LogP contribution in [0.5, 0.6) is 0 Å². The number of ether oxygens (including phenoxy) is 1. The molecular weight excluding hydrogens is 357 g/mol. The molecule has 1 unspecified atom stereocenters. The highest BCUT2D eigenvalue weighted by atomic mass is 19.1. The van der Waals surface area contributed by atoms with Gasteiger partial charge in [0.15, 0.2) is 0 Å². The molecule has 4 rings (SSSR count). The molecule has 0 radical (unpaired) electrons. The van der Waals surface area contributed by atoms with Gasteiger partial charge in [0, 0.05) is 25.1 Å². The Morgan fingerprint density at radius 2 is 1.86 bits per heavy atom. The van der Waals surface area contributed by atoms with E-state index in [0.29, 0.717) is 25.2 Å². The predicted octanol–water partition coefficient (Wildman–Crippen LogP) is 3.14. The van der Waals surface area contributed by atoms with E-state index in [0.717, 1.165) is 29.9 Å². The average Bonchev–Trinajstić information content (AvgIpc) is 3.15. The second kappa shape index (κ2) is 8.20. The fourth-order valence-corrected chi connectivity index (χ4v) is 3.67. The van der Waals surface area contributed by atoms with Crippen molar-refractivity contribution in [3.8, 4) is 0 Å². The first-order valence-corrected chi connectivity index (χ1v) is 9.63. The molecule has 2 aromatic carbocycles. The highest BCUT2D eigenvalue weighted by molar-refractivity contribution is 6.03. The number of amides is 1. The summed E-state index contributed by atoms with van der Waals surface area (Å²) in [5, 5.41) is 6.10. The van der Waals surface area contributed by atoms with Crippen LogP contribution >= 0.6 is 0 Å². The van der Waals surface area contributed by atoms with Crippen molar-refractivity contribution in [3.05, 3.63) is 71.0 Å². The number of carbonyl (C=O) groups is 1. The van der Waals surface area contributed by atoms with E-state index < -0.39 is 6.04 Å². The van der Waals surface area contributed by atoms with Crippen LogP contribution in [-0.4, -0.2) is 54.4 Å². The number of hydrogen-bond donors (Lipinski definition) is 0. The Morgan fingerprint density at radius 1 is 1.14 bits per heavy atom. The van der Waals surface area contributed by atoms with Crippen molar-refractivity contribution in [1.29, 1.82) is 0 Å². The Kier molecular flexibility index (Phi) is 5.50. The number of carbonyl (C=O) groups excluding carboxylic acids is 1. The molecule has 0 N–H and O–H groups in total. The van der Waals surface area contributed by atoms with E-state index in [1.54, 1.807) is 18.2 Å². The molecule has 0 aromatic heterocycles. The number of nitrogens with zero attached hydrogens (tertiary/aromatic N) is 3. The molecule has 2 aromatic rings. The Labute approximate surface area is 164 Å². The molecule has 0 aliphatic carbocycles. The van der Waals surface area contributed by atoms with Gasteiger partial charge in [-0.1, -0.05) is 48.0 Å². The van der Waals surface area contributed by atoms with Crippen molar-refractivity contribution in [2.75, 3.05) is 32.8 Å². The summed E-state index contributed by atoms with van der Waals surface area (Å²) in [6.07, 6.45) is 0.499. The maximum absolute atomic E-state index is 14.5. The SMILES string of the molecule is Cc1ccc(C2=NN(C(=O)CN3CCOCC3)C(c3ccccc3F)C2)cc1. The third-order valence-electron chi connectivity index (χ3n) is 5.28. The lowest BCUT2D eigenvalue weighted by Gasteiger charge is -2.29. The fourth-order valence-electron chi connectivity index (χ4n) is 3.67. The lowest BCUT2D eigenvalue weighted by atomic mass is 9.97. The van der Waals surface area contributed by atoms with E-state index in [1.807, 2.05) is 31.2 Å². The third kappa shape index (κ3) is 3.98. The number of rotatable bonds is 4. The molecule has 6 heteroatoms. The Bertz CT molecular complexity index is 876. The van der Waals surface area contributed by atoms with E-state index in [4.69, 9.17) is 4.74 Å². The lowest BCUT2D eigenvalue weighted by Crippen LogP contribution is -2.43. The van der Waals surface area contributed by atoms with Crippen LogP contribution in [0.3, 0.4) is 0 Å². The van der Waals surface area contributed by atoms with Gasteiger partial charge in [0.2, 0.25) is 0 Å². The maximum Gasteiger partial charge on any atom is 0.257 e. The monoisotopic (exact) mass is 381 g/mol. The zero-order valence-corrected chi connectivity index (χ0v) is 16.0. The summed E-state index contributed by atoms with van der Waals surface area (Å²) in [6.45, 7) is 4.99. The van der Waals surface area contributed by atoms with Crippen LogP contribution in [0.2, 0.25) is 0 Å². The van der Waals surface area contributed by atoms with Crippen LogP contribution in [0.4, 0.5) is 4.39 Å². The van der Waals surface area contributed by atoms with Gasteiger partial charge in [0.05, 0.1) is 31.5 Å². The van der Waals surface area contributed by atoms with Crippen LogP contribution in [0.25, 0.3) is 0 Å². The highest BCUT2D eigenvalue weighted by Gasteiger charge is 2.35. The number of hydrazone groups is 1. The molecular formula is C22H24FN3O2. The van der Waals surface area contributed by atoms with Crippen molar-refractivity contribution in [2.24, 2.45) is 5.10 Å². The summed E-state index contributed by atoms with van der Waals surface area (Å²) in [6, 6.07) is 14.3. The molecule has 1 atom stereocenters. The highest BCUT2D eigenvalue weighted by Crippen LogP contribution is 2.34. The minimum atomic E-state index is -0.425. The first kappa shape index (κ1) is 18.8. The number of morpholine rings is 1. The molecule has 1 amide bonds. The lowest BCUT2D eigenvalue weighted by molar-refractivity contribution is -0.135. The van der Waals surface area contributed by atoms with E-state index >= 15 is 0 Å². The van der Waals surface area contributed by atoms with Gasteiger partial charge in [-0.25, -0.2) is 9.40 Å². The molecule has 146 valence electrons. The number of hydrogen-bond acceptors (Lipinski definition) is 4. The van der Waals surface area contributed by atoms with Crippen molar-refractivity contribution >= 4 is 11.6 Å². The molecule has 1 fully saturated rings. The van der Waals surface area contributed by atoms with E-state index in [-0.39, 0.29) is 18.3 Å². The van der Waals surface area contributed by atoms with Gasteiger partial charge < -0.3 is 4.74 Å². The molecule has 2 heterocycles. The number of benzene rings is 2. The molecule has 0 saturated carbocycles. The molecule has 28 heavy (non-hydrogen) atoms. The third-order valence-corrected chi connectivity index (χ3v) is 5.28.